The lowest BCUT2D eigenvalue weighted by atomic mass is 9.71. The number of likely N-dealkylation sites (tertiary alicyclic amines) is 1. The lowest BCUT2D eigenvalue weighted by molar-refractivity contribution is -0.148. The number of aliphatic carboxylic acids is 1. The Morgan fingerprint density at radius 1 is 1.32 bits per heavy atom. The molecule has 166 valence electrons. The van der Waals surface area contributed by atoms with Gasteiger partial charge in [0.15, 0.2) is 0 Å². The number of carbonyl (C=O) groups is 3. The van der Waals surface area contributed by atoms with Crippen LogP contribution < -0.4 is 0 Å². The van der Waals surface area contributed by atoms with E-state index in [0.29, 0.717) is 32.4 Å². The summed E-state index contributed by atoms with van der Waals surface area (Å²) in [6.07, 6.45) is 3.37. The van der Waals surface area contributed by atoms with Gasteiger partial charge in [-0.15, -0.1) is 18.3 Å². The average molecular weight is 445 g/mol. The maximum atomic E-state index is 13.9. The molecule has 3 aliphatic rings. The predicted octanol–water partition coefficient (Wildman–Crippen LogP) is 1.76. The van der Waals surface area contributed by atoms with Crippen LogP contribution in [0.4, 0.5) is 0 Å². The summed E-state index contributed by atoms with van der Waals surface area (Å²) < 4.78 is -0.715. The molecular weight excluding hydrogens is 416 g/mol. The van der Waals surface area contributed by atoms with Crippen LogP contribution in [0.3, 0.4) is 0 Å². The molecule has 2 amide bonds. The minimum absolute atomic E-state index is 0.0964. The minimum atomic E-state index is -0.958. The maximum Gasteiger partial charge on any atom is 0.308 e. The number of amides is 2. The van der Waals surface area contributed by atoms with Gasteiger partial charge in [-0.1, -0.05) is 36.4 Å². The lowest BCUT2D eigenvalue weighted by Crippen LogP contribution is -2.54. The van der Waals surface area contributed by atoms with Gasteiger partial charge in [-0.05, 0) is 24.8 Å². The smallest absolute Gasteiger partial charge is 0.308 e. The number of aliphatic hydroxyl groups is 1. The molecule has 5 atom stereocenters. The number of fused-ring (bicyclic) bond motifs is 1. The summed E-state index contributed by atoms with van der Waals surface area (Å²) in [7, 11) is 0. The van der Waals surface area contributed by atoms with Crippen LogP contribution in [-0.4, -0.2) is 73.5 Å². The summed E-state index contributed by atoms with van der Waals surface area (Å²) in [5, 5.41) is 19.1. The molecule has 0 saturated carbocycles. The SMILES string of the molecule is C=CCN(Cc1ccccc1)C(=O)C1N(CCCO)C(=O)[C@@H]2[C@@H](C(=O)O)[C@H]3CCC12S3. The van der Waals surface area contributed by atoms with Crippen molar-refractivity contribution in [2.45, 2.75) is 41.8 Å². The first-order chi connectivity index (χ1) is 14.9. The highest BCUT2D eigenvalue weighted by Crippen LogP contribution is 2.66. The highest BCUT2D eigenvalue weighted by atomic mass is 32.2. The van der Waals surface area contributed by atoms with Gasteiger partial charge >= 0.3 is 5.97 Å². The molecule has 1 aromatic carbocycles. The van der Waals surface area contributed by atoms with Crippen molar-refractivity contribution in [1.82, 2.24) is 9.80 Å². The molecule has 3 saturated heterocycles. The van der Waals surface area contributed by atoms with Crippen molar-refractivity contribution >= 4 is 29.5 Å². The minimum Gasteiger partial charge on any atom is -0.481 e. The van der Waals surface area contributed by atoms with Crippen LogP contribution in [0, 0.1) is 11.8 Å². The average Bonchev–Trinajstić information content (AvgIpc) is 3.39. The molecule has 3 aliphatic heterocycles. The highest BCUT2D eigenvalue weighted by molar-refractivity contribution is 8.02. The molecule has 0 aliphatic carbocycles. The first-order valence-electron chi connectivity index (χ1n) is 10.7. The van der Waals surface area contributed by atoms with Crippen molar-refractivity contribution in [3.63, 3.8) is 0 Å². The normalized spacial score (nSPS) is 31.0. The van der Waals surface area contributed by atoms with E-state index in [9.17, 15) is 24.6 Å². The molecule has 0 aromatic heterocycles. The molecule has 2 N–H and O–H groups in total. The van der Waals surface area contributed by atoms with E-state index < -0.39 is 28.6 Å². The van der Waals surface area contributed by atoms with E-state index in [1.54, 1.807) is 15.9 Å². The number of carboxylic acids is 1. The van der Waals surface area contributed by atoms with Crippen molar-refractivity contribution in [2.75, 3.05) is 19.7 Å². The van der Waals surface area contributed by atoms with Gasteiger partial charge in [-0.25, -0.2) is 0 Å². The zero-order valence-electron chi connectivity index (χ0n) is 17.4. The number of aliphatic hydroxyl groups excluding tert-OH is 1. The summed E-state index contributed by atoms with van der Waals surface area (Å²) in [4.78, 5) is 42.6. The van der Waals surface area contributed by atoms with E-state index in [1.807, 2.05) is 30.3 Å². The van der Waals surface area contributed by atoms with Crippen LogP contribution in [0.25, 0.3) is 0 Å². The molecule has 4 rings (SSSR count). The third-order valence-corrected chi connectivity index (χ3v) is 8.71. The van der Waals surface area contributed by atoms with Gasteiger partial charge in [-0.2, -0.15) is 0 Å². The van der Waals surface area contributed by atoms with Crippen molar-refractivity contribution in [3.05, 3.63) is 48.6 Å². The second-order valence-electron chi connectivity index (χ2n) is 8.50. The first-order valence-corrected chi connectivity index (χ1v) is 11.6. The molecule has 3 fully saturated rings. The molecule has 2 bridgehead atoms. The van der Waals surface area contributed by atoms with Crippen LogP contribution in [0.1, 0.15) is 24.8 Å². The molecule has 2 unspecified atom stereocenters. The van der Waals surface area contributed by atoms with E-state index in [0.717, 1.165) is 5.56 Å². The molecule has 3 heterocycles. The zero-order valence-corrected chi connectivity index (χ0v) is 18.2. The second-order valence-corrected chi connectivity index (χ2v) is 10.1. The van der Waals surface area contributed by atoms with Crippen LogP contribution >= 0.6 is 11.8 Å². The Morgan fingerprint density at radius 2 is 2.06 bits per heavy atom. The fourth-order valence-corrected chi connectivity index (χ4v) is 7.77. The van der Waals surface area contributed by atoms with Gasteiger partial charge < -0.3 is 20.0 Å². The number of nitrogens with zero attached hydrogens (tertiary/aromatic N) is 2. The maximum absolute atomic E-state index is 13.9. The first kappa shape index (κ1) is 21.9. The number of carbonyl (C=O) groups excluding carboxylic acids is 2. The Labute approximate surface area is 186 Å². The highest BCUT2D eigenvalue weighted by Gasteiger charge is 2.73. The van der Waals surface area contributed by atoms with E-state index in [1.165, 1.54) is 11.8 Å². The summed E-state index contributed by atoms with van der Waals surface area (Å²) in [6.45, 7) is 4.67. The Bertz CT molecular complexity index is 878. The van der Waals surface area contributed by atoms with E-state index >= 15 is 0 Å². The number of thioether (sulfide) groups is 1. The third kappa shape index (κ3) is 3.55. The molecule has 8 heteroatoms. The number of benzene rings is 1. The number of hydrogen-bond donors (Lipinski definition) is 2. The predicted molar refractivity (Wildman–Crippen MR) is 117 cm³/mol. The Kier molecular flexibility index (Phi) is 6.12. The largest absolute Gasteiger partial charge is 0.481 e. The Morgan fingerprint density at radius 3 is 2.71 bits per heavy atom. The molecule has 1 spiro atoms. The van der Waals surface area contributed by atoms with Crippen LogP contribution in [0.15, 0.2) is 43.0 Å². The van der Waals surface area contributed by atoms with Crippen molar-refractivity contribution < 1.29 is 24.6 Å². The summed E-state index contributed by atoms with van der Waals surface area (Å²) >= 11 is 1.53. The molecule has 31 heavy (non-hydrogen) atoms. The van der Waals surface area contributed by atoms with Gasteiger partial charge in [0.25, 0.3) is 0 Å². The van der Waals surface area contributed by atoms with E-state index in [2.05, 4.69) is 6.58 Å². The Hall–Kier alpha value is -2.32. The fourth-order valence-electron chi connectivity index (χ4n) is 5.56. The second kappa shape index (κ2) is 8.67. The van der Waals surface area contributed by atoms with Gasteiger partial charge in [-0.3, -0.25) is 14.4 Å². The van der Waals surface area contributed by atoms with Crippen molar-refractivity contribution in [3.8, 4) is 0 Å². The summed E-state index contributed by atoms with van der Waals surface area (Å²) in [5.74, 6) is -2.84. The number of carboxylic acid groups (broad SMARTS) is 1. The molecular formula is C23H28N2O5S. The van der Waals surface area contributed by atoms with E-state index in [4.69, 9.17) is 0 Å². The van der Waals surface area contributed by atoms with Crippen LogP contribution in [-0.2, 0) is 20.9 Å². The topological polar surface area (TPSA) is 98.2 Å². The quantitative estimate of drug-likeness (QED) is 0.564. The van der Waals surface area contributed by atoms with Crippen molar-refractivity contribution in [2.24, 2.45) is 11.8 Å². The zero-order chi connectivity index (χ0) is 22.2. The van der Waals surface area contributed by atoms with Crippen LogP contribution in [0.2, 0.25) is 0 Å². The molecule has 1 aromatic rings. The Balaban J connectivity index is 1.70. The summed E-state index contributed by atoms with van der Waals surface area (Å²) in [5.41, 5.74) is 0.977. The summed E-state index contributed by atoms with van der Waals surface area (Å²) in [6, 6.07) is 8.92. The lowest BCUT2D eigenvalue weighted by Gasteiger charge is -2.37. The van der Waals surface area contributed by atoms with Gasteiger partial charge in [0.1, 0.15) is 6.04 Å². The van der Waals surface area contributed by atoms with Crippen LogP contribution in [0.5, 0.6) is 0 Å². The van der Waals surface area contributed by atoms with E-state index in [-0.39, 0.29) is 30.2 Å². The van der Waals surface area contributed by atoms with Gasteiger partial charge in [0.2, 0.25) is 11.8 Å². The third-order valence-electron chi connectivity index (χ3n) is 6.75. The molecule has 0 radical (unpaired) electrons. The van der Waals surface area contributed by atoms with Crippen molar-refractivity contribution in [1.29, 1.82) is 0 Å². The van der Waals surface area contributed by atoms with Gasteiger partial charge in [0.05, 0.1) is 16.6 Å². The number of hydrogen-bond acceptors (Lipinski definition) is 5. The molecule has 7 nitrogen and oxygen atoms in total. The standard InChI is InChI=1S/C23H28N2O5S/c1-2-11-24(14-15-7-4-3-5-8-15)21(28)19-23-10-9-16(31-23)17(22(29)30)18(23)20(27)25(19)12-6-13-26/h2-5,7-8,16-19,26H,1,6,9-14H2,(H,29,30)/t16-,17+,18+,19?,23?/m1/s1. The van der Waals surface area contributed by atoms with Gasteiger partial charge in [0, 0.05) is 31.5 Å². The number of rotatable bonds is 9. The monoisotopic (exact) mass is 444 g/mol. The fraction of sp³-hybridized carbons (Fsp3) is 0.522.